The molecule has 1 atom stereocenters. The number of carbonyl (C=O) groups is 1. The Hall–Kier alpha value is -1.42. The zero-order chi connectivity index (χ0) is 13.0. The Kier molecular flexibility index (Phi) is 4.31. The van der Waals surface area contributed by atoms with E-state index in [1.165, 1.54) is 5.56 Å². The first kappa shape index (κ1) is 13.0. The average Bonchev–Trinajstić information content (AvgIpc) is 2.90. The number of hydrogen-bond donors (Lipinski definition) is 1. The largest absolute Gasteiger partial charge is 0.341 e. The summed E-state index contributed by atoms with van der Waals surface area (Å²) in [4.78, 5) is 18.2. The Bertz CT molecular complexity index is 413. The maximum absolute atomic E-state index is 12.1. The molecule has 1 aromatic heterocycles. The predicted octanol–water partition coefficient (Wildman–Crippen LogP) is 1.49. The lowest BCUT2D eigenvalue weighted by molar-refractivity contribution is -0.131. The number of pyridine rings is 1. The van der Waals surface area contributed by atoms with Gasteiger partial charge in [-0.15, -0.1) is 0 Å². The maximum atomic E-state index is 12.1. The summed E-state index contributed by atoms with van der Waals surface area (Å²) in [6.07, 6.45) is 5.92. The third kappa shape index (κ3) is 3.07. The van der Waals surface area contributed by atoms with Crippen LogP contribution in [-0.2, 0) is 11.3 Å². The van der Waals surface area contributed by atoms with Crippen molar-refractivity contribution in [1.82, 2.24) is 15.2 Å². The number of amides is 1. The summed E-state index contributed by atoms with van der Waals surface area (Å²) in [5.74, 6) is 0.217. The number of likely N-dealkylation sites (tertiary alicyclic amines) is 1. The molecule has 1 unspecified atom stereocenters. The van der Waals surface area contributed by atoms with Gasteiger partial charge in [0.25, 0.3) is 0 Å². The van der Waals surface area contributed by atoms with E-state index >= 15 is 0 Å². The number of nitrogens with one attached hydrogen (secondary N) is 1. The molecule has 0 aromatic carbocycles. The van der Waals surface area contributed by atoms with Crippen molar-refractivity contribution in [2.75, 3.05) is 13.1 Å². The molecule has 0 saturated carbocycles. The Balaban J connectivity index is 1.86. The SMILES string of the molecule is Cc1ccncc1CNC(C)C(=O)N1CCCC1. The number of rotatable bonds is 4. The second kappa shape index (κ2) is 5.96. The van der Waals surface area contributed by atoms with E-state index in [4.69, 9.17) is 0 Å². The van der Waals surface area contributed by atoms with E-state index in [0.717, 1.165) is 31.5 Å². The monoisotopic (exact) mass is 247 g/mol. The Morgan fingerprint density at radius 3 is 2.89 bits per heavy atom. The summed E-state index contributed by atoms with van der Waals surface area (Å²) >= 11 is 0. The van der Waals surface area contributed by atoms with Crippen LogP contribution in [0, 0.1) is 6.92 Å². The molecule has 2 rings (SSSR count). The van der Waals surface area contributed by atoms with Gasteiger partial charge in [0, 0.05) is 32.0 Å². The van der Waals surface area contributed by atoms with Crippen LogP contribution in [0.5, 0.6) is 0 Å². The van der Waals surface area contributed by atoms with Crippen molar-refractivity contribution < 1.29 is 4.79 Å². The van der Waals surface area contributed by atoms with E-state index in [-0.39, 0.29) is 11.9 Å². The number of hydrogen-bond acceptors (Lipinski definition) is 3. The fourth-order valence-electron chi connectivity index (χ4n) is 2.24. The molecule has 0 bridgehead atoms. The van der Waals surface area contributed by atoms with Gasteiger partial charge in [-0.3, -0.25) is 9.78 Å². The predicted molar refractivity (Wildman–Crippen MR) is 71.1 cm³/mol. The molecule has 0 aliphatic carbocycles. The summed E-state index contributed by atoms with van der Waals surface area (Å²) < 4.78 is 0. The van der Waals surface area contributed by atoms with Gasteiger partial charge in [-0.25, -0.2) is 0 Å². The molecule has 98 valence electrons. The molecule has 0 radical (unpaired) electrons. The fourth-order valence-corrected chi connectivity index (χ4v) is 2.24. The molecule has 1 aliphatic heterocycles. The highest BCUT2D eigenvalue weighted by molar-refractivity contribution is 5.81. The van der Waals surface area contributed by atoms with Crippen LogP contribution in [0.3, 0.4) is 0 Å². The van der Waals surface area contributed by atoms with Crippen molar-refractivity contribution >= 4 is 5.91 Å². The lowest BCUT2D eigenvalue weighted by Gasteiger charge is -2.21. The normalized spacial score (nSPS) is 16.9. The van der Waals surface area contributed by atoms with Crippen molar-refractivity contribution in [3.8, 4) is 0 Å². The Morgan fingerprint density at radius 1 is 1.50 bits per heavy atom. The quantitative estimate of drug-likeness (QED) is 0.877. The Morgan fingerprint density at radius 2 is 2.22 bits per heavy atom. The van der Waals surface area contributed by atoms with Gasteiger partial charge in [0.1, 0.15) is 0 Å². The standard InChI is InChI=1S/C14H21N3O/c1-11-5-6-15-9-13(11)10-16-12(2)14(18)17-7-3-4-8-17/h5-6,9,12,16H,3-4,7-8,10H2,1-2H3. The molecule has 2 heterocycles. The summed E-state index contributed by atoms with van der Waals surface area (Å²) in [6, 6.07) is 1.87. The van der Waals surface area contributed by atoms with Gasteiger partial charge < -0.3 is 10.2 Å². The fraction of sp³-hybridized carbons (Fsp3) is 0.571. The van der Waals surface area contributed by atoms with E-state index in [1.54, 1.807) is 6.20 Å². The smallest absolute Gasteiger partial charge is 0.239 e. The topological polar surface area (TPSA) is 45.2 Å². The second-order valence-electron chi connectivity index (χ2n) is 4.94. The van der Waals surface area contributed by atoms with E-state index in [0.29, 0.717) is 6.54 Å². The van der Waals surface area contributed by atoms with Crippen molar-refractivity contribution in [3.05, 3.63) is 29.6 Å². The van der Waals surface area contributed by atoms with Crippen molar-refractivity contribution in [2.45, 2.75) is 39.3 Å². The van der Waals surface area contributed by atoms with Gasteiger partial charge in [-0.2, -0.15) is 0 Å². The lowest BCUT2D eigenvalue weighted by Crippen LogP contribution is -2.43. The van der Waals surface area contributed by atoms with Crippen LogP contribution in [0.2, 0.25) is 0 Å². The lowest BCUT2D eigenvalue weighted by atomic mass is 10.1. The van der Waals surface area contributed by atoms with Gasteiger partial charge in [0.2, 0.25) is 5.91 Å². The second-order valence-corrected chi connectivity index (χ2v) is 4.94. The summed E-state index contributed by atoms with van der Waals surface area (Å²) in [5, 5.41) is 3.29. The van der Waals surface area contributed by atoms with E-state index in [2.05, 4.69) is 17.2 Å². The molecular weight excluding hydrogens is 226 g/mol. The molecule has 1 N–H and O–H groups in total. The summed E-state index contributed by atoms with van der Waals surface area (Å²) in [5.41, 5.74) is 2.36. The van der Waals surface area contributed by atoms with Crippen LogP contribution in [0.25, 0.3) is 0 Å². The van der Waals surface area contributed by atoms with Gasteiger partial charge in [-0.05, 0) is 43.9 Å². The van der Waals surface area contributed by atoms with Crippen molar-refractivity contribution in [3.63, 3.8) is 0 Å². The number of aromatic nitrogens is 1. The van der Waals surface area contributed by atoms with Gasteiger partial charge in [-0.1, -0.05) is 0 Å². The van der Waals surface area contributed by atoms with Crippen LogP contribution in [0.15, 0.2) is 18.5 Å². The molecular formula is C14H21N3O. The minimum atomic E-state index is -0.122. The third-order valence-electron chi connectivity index (χ3n) is 3.53. The van der Waals surface area contributed by atoms with Crippen LogP contribution < -0.4 is 5.32 Å². The highest BCUT2D eigenvalue weighted by Crippen LogP contribution is 2.10. The molecule has 4 heteroatoms. The molecule has 1 saturated heterocycles. The molecule has 1 amide bonds. The maximum Gasteiger partial charge on any atom is 0.239 e. The van der Waals surface area contributed by atoms with Crippen molar-refractivity contribution in [2.24, 2.45) is 0 Å². The van der Waals surface area contributed by atoms with E-state index in [9.17, 15) is 4.79 Å². The van der Waals surface area contributed by atoms with Crippen LogP contribution in [-0.4, -0.2) is 34.9 Å². The van der Waals surface area contributed by atoms with Crippen LogP contribution >= 0.6 is 0 Å². The number of nitrogens with zero attached hydrogens (tertiary/aromatic N) is 2. The number of carbonyl (C=O) groups excluding carboxylic acids is 1. The minimum Gasteiger partial charge on any atom is -0.341 e. The first-order chi connectivity index (χ1) is 8.68. The summed E-state index contributed by atoms with van der Waals surface area (Å²) in [6.45, 7) is 6.52. The van der Waals surface area contributed by atoms with Gasteiger partial charge in [0.05, 0.1) is 6.04 Å². The third-order valence-corrected chi connectivity index (χ3v) is 3.53. The highest BCUT2D eigenvalue weighted by Gasteiger charge is 2.22. The highest BCUT2D eigenvalue weighted by atomic mass is 16.2. The van der Waals surface area contributed by atoms with Gasteiger partial charge >= 0.3 is 0 Å². The molecule has 0 spiro atoms. The molecule has 1 aromatic rings. The zero-order valence-electron chi connectivity index (χ0n) is 11.1. The van der Waals surface area contributed by atoms with Gasteiger partial charge in [0.15, 0.2) is 0 Å². The minimum absolute atomic E-state index is 0.122. The van der Waals surface area contributed by atoms with E-state index < -0.39 is 0 Å². The molecule has 18 heavy (non-hydrogen) atoms. The Labute approximate surface area is 108 Å². The van der Waals surface area contributed by atoms with Crippen molar-refractivity contribution in [1.29, 1.82) is 0 Å². The first-order valence-electron chi connectivity index (χ1n) is 6.60. The molecule has 4 nitrogen and oxygen atoms in total. The summed E-state index contributed by atoms with van der Waals surface area (Å²) in [7, 11) is 0. The molecule has 1 fully saturated rings. The zero-order valence-corrected chi connectivity index (χ0v) is 11.1. The van der Waals surface area contributed by atoms with Crippen LogP contribution in [0.1, 0.15) is 30.9 Å². The van der Waals surface area contributed by atoms with Crippen LogP contribution in [0.4, 0.5) is 0 Å². The first-order valence-corrected chi connectivity index (χ1v) is 6.60. The van der Waals surface area contributed by atoms with E-state index in [1.807, 2.05) is 24.1 Å². The number of aryl methyl sites for hydroxylation is 1. The molecule has 1 aliphatic rings. The average molecular weight is 247 g/mol.